The van der Waals surface area contributed by atoms with E-state index in [-0.39, 0.29) is 22.6 Å². The number of nitrogens with zero attached hydrogens (tertiary/aromatic N) is 1. The van der Waals surface area contributed by atoms with Crippen LogP contribution in [0.1, 0.15) is 37.0 Å². The number of amides is 1. The van der Waals surface area contributed by atoms with Gasteiger partial charge < -0.3 is 4.74 Å². The molecule has 23 heavy (non-hydrogen) atoms. The number of nitrogens with one attached hydrogen (secondary N) is 2. The van der Waals surface area contributed by atoms with Gasteiger partial charge in [-0.15, -0.1) is 0 Å². The van der Waals surface area contributed by atoms with E-state index in [1.807, 2.05) is 0 Å². The average Bonchev–Trinajstić information content (AvgIpc) is 2.53. The van der Waals surface area contributed by atoms with E-state index in [1.165, 1.54) is 24.3 Å². The van der Waals surface area contributed by atoms with Gasteiger partial charge in [-0.2, -0.15) is 0 Å². The van der Waals surface area contributed by atoms with Gasteiger partial charge in [-0.25, -0.2) is 18.6 Å². The fourth-order valence-corrected chi connectivity index (χ4v) is 3.86. The van der Waals surface area contributed by atoms with E-state index in [2.05, 4.69) is 10.1 Å². The molecule has 2 rings (SSSR count). The summed E-state index contributed by atoms with van der Waals surface area (Å²) in [6.07, 6.45) is 1.94. The molecule has 0 spiro atoms. The molecule has 0 bridgehead atoms. The summed E-state index contributed by atoms with van der Waals surface area (Å²) in [6, 6.07) is 4.19. The zero-order valence-corrected chi connectivity index (χ0v) is 14.4. The van der Waals surface area contributed by atoms with Crippen molar-refractivity contribution < 1.29 is 17.9 Å². The monoisotopic (exact) mass is 341 g/mol. The quantitative estimate of drug-likeness (QED) is 0.838. The van der Waals surface area contributed by atoms with Crippen molar-refractivity contribution in [2.75, 3.05) is 20.2 Å². The summed E-state index contributed by atoms with van der Waals surface area (Å²) < 4.78 is 32.5. The van der Waals surface area contributed by atoms with Gasteiger partial charge in [0.25, 0.3) is 5.91 Å². The first kappa shape index (κ1) is 17.7. The molecule has 1 saturated heterocycles. The fourth-order valence-electron chi connectivity index (χ4n) is 2.41. The molecule has 0 saturated carbocycles. The maximum atomic E-state index is 12.5. The molecule has 0 radical (unpaired) electrons. The van der Waals surface area contributed by atoms with Crippen LogP contribution in [0.25, 0.3) is 0 Å². The molecule has 0 unspecified atom stereocenters. The van der Waals surface area contributed by atoms with Crippen molar-refractivity contribution in [2.24, 2.45) is 0 Å². The first-order valence-electron chi connectivity index (χ1n) is 7.61. The smallest absolute Gasteiger partial charge is 0.268 e. The van der Waals surface area contributed by atoms with Crippen molar-refractivity contribution in [3.63, 3.8) is 0 Å². The molecule has 1 aliphatic rings. The Morgan fingerprint density at radius 2 is 2.09 bits per heavy atom. The number of rotatable bonds is 5. The van der Waals surface area contributed by atoms with Crippen LogP contribution in [0.5, 0.6) is 5.75 Å². The molecule has 1 aliphatic heterocycles. The largest absolute Gasteiger partial charge is 0.495 e. The Morgan fingerprint density at radius 1 is 1.35 bits per heavy atom. The highest BCUT2D eigenvalue weighted by Crippen LogP contribution is 2.25. The molecule has 0 atom stereocenters. The predicted octanol–water partition coefficient (Wildman–Crippen LogP) is 1.12. The molecule has 8 heteroatoms. The van der Waals surface area contributed by atoms with Crippen LogP contribution in [0.4, 0.5) is 0 Å². The van der Waals surface area contributed by atoms with Crippen LogP contribution in [-0.2, 0) is 10.0 Å². The summed E-state index contributed by atoms with van der Waals surface area (Å²) in [5.74, 6) is -0.0327. The van der Waals surface area contributed by atoms with Crippen LogP contribution in [0.3, 0.4) is 0 Å². The molecule has 1 aromatic rings. The Morgan fingerprint density at radius 3 is 2.65 bits per heavy atom. The van der Waals surface area contributed by atoms with Crippen molar-refractivity contribution in [3.05, 3.63) is 23.8 Å². The molecule has 2 N–H and O–H groups in total. The number of benzene rings is 1. The van der Waals surface area contributed by atoms with Gasteiger partial charge in [-0.1, -0.05) is 0 Å². The van der Waals surface area contributed by atoms with Crippen LogP contribution in [0, 0.1) is 0 Å². The zero-order valence-electron chi connectivity index (χ0n) is 13.6. The number of carbonyl (C=O) groups excluding carboxylic acids is 1. The number of ether oxygens (including phenoxy) is 1. The number of hydrazine groups is 1. The maximum Gasteiger partial charge on any atom is 0.268 e. The molecule has 1 heterocycles. The van der Waals surface area contributed by atoms with Gasteiger partial charge in [0.1, 0.15) is 10.6 Å². The number of sulfonamides is 1. The van der Waals surface area contributed by atoms with Crippen molar-refractivity contribution in [3.8, 4) is 5.75 Å². The molecular weight excluding hydrogens is 318 g/mol. The zero-order chi connectivity index (χ0) is 17.0. The minimum Gasteiger partial charge on any atom is -0.495 e. The first-order valence-corrected chi connectivity index (χ1v) is 9.09. The Balaban J connectivity index is 2.37. The van der Waals surface area contributed by atoms with E-state index in [0.717, 1.165) is 19.4 Å². The Hall–Kier alpha value is -1.64. The lowest BCUT2D eigenvalue weighted by Crippen LogP contribution is -2.47. The summed E-state index contributed by atoms with van der Waals surface area (Å²) in [6.45, 7) is 4.81. The standard InChI is InChI=1S/C15H23N3O4S/c1-11(2)17-23(20,21)14-10-12(6-7-13(14)22-3)15(19)18-9-5-4-8-16-18/h6-7,10-11,16-17H,4-5,8-9H2,1-3H3. The third-order valence-corrected chi connectivity index (χ3v) is 5.13. The molecule has 0 aromatic heterocycles. The minimum absolute atomic E-state index is 0.0310. The summed E-state index contributed by atoms with van der Waals surface area (Å²) in [4.78, 5) is 12.5. The molecular formula is C15H23N3O4S. The maximum absolute atomic E-state index is 12.5. The SMILES string of the molecule is COc1ccc(C(=O)N2CCCCN2)cc1S(=O)(=O)NC(C)C. The number of hydrogen-bond acceptors (Lipinski definition) is 5. The van der Waals surface area contributed by atoms with Crippen LogP contribution < -0.4 is 14.9 Å². The van der Waals surface area contributed by atoms with Gasteiger partial charge in [0, 0.05) is 24.7 Å². The highest BCUT2D eigenvalue weighted by molar-refractivity contribution is 7.89. The number of carbonyl (C=O) groups is 1. The highest BCUT2D eigenvalue weighted by Gasteiger charge is 2.24. The van der Waals surface area contributed by atoms with Gasteiger partial charge in [0.05, 0.1) is 7.11 Å². The van der Waals surface area contributed by atoms with Gasteiger partial charge in [-0.3, -0.25) is 9.80 Å². The van der Waals surface area contributed by atoms with E-state index in [1.54, 1.807) is 19.9 Å². The molecule has 1 amide bonds. The van der Waals surface area contributed by atoms with Crippen LogP contribution >= 0.6 is 0 Å². The topological polar surface area (TPSA) is 87.7 Å². The van der Waals surface area contributed by atoms with Gasteiger partial charge in [0.15, 0.2) is 0 Å². The summed E-state index contributed by atoms with van der Waals surface area (Å²) in [5, 5.41) is 1.53. The third-order valence-electron chi connectivity index (χ3n) is 3.45. The van der Waals surface area contributed by atoms with Gasteiger partial charge in [-0.05, 0) is 44.9 Å². The van der Waals surface area contributed by atoms with E-state index in [0.29, 0.717) is 12.1 Å². The van der Waals surface area contributed by atoms with E-state index in [4.69, 9.17) is 4.74 Å². The van der Waals surface area contributed by atoms with E-state index in [9.17, 15) is 13.2 Å². The number of hydrogen-bond donors (Lipinski definition) is 2. The second-order valence-corrected chi connectivity index (χ2v) is 7.40. The predicted molar refractivity (Wildman–Crippen MR) is 86.7 cm³/mol. The van der Waals surface area contributed by atoms with E-state index >= 15 is 0 Å². The third kappa shape index (κ3) is 4.21. The second kappa shape index (κ2) is 7.29. The van der Waals surface area contributed by atoms with Crippen LogP contribution in [0.2, 0.25) is 0 Å². The summed E-state index contributed by atoms with van der Waals surface area (Å²) in [7, 11) is -2.35. The van der Waals surface area contributed by atoms with Crippen molar-refractivity contribution in [1.29, 1.82) is 0 Å². The molecule has 0 aliphatic carbocycles. The summed E-state index contributed by atoms with van der Waals surface area (Å²) in [5.41, 5.74) is 3.33. The lowest BCUT2D eigenvalue weighted by atomic mass is 10.2. The number of methoxy groups -OCH3 is 1. The second-order valence-electron chi connectivity index (χ2n) is 5.71. The lowest BCUT2D eigenvalue weighted by molar-refractivity contribution is 0.0610. The molecule has 128 valence electrons. The van der Waals surface area contributed by atoms with Gasteiger partial charge >= 0.3 is 0 Å². The molecule has 1 aromatic carbocycles. The Labute approximate surface area is 137 Å². The minimum atomic E-state index is -3.76. The normalized spacial score (nSPS) is 15.7. The van der Waals surface area contributed by atoms with Gasteiger partial charge in [0.2, 0.25) is 10.0 Å². The van der Waals surface area contributed by atoms with Crippen LogP contribution in [-0.4, -0.2) is 45.6 Å². The van der Waals surface area contributed by atoms with Crippen molar-refractivity contribution in [1.82, 2.24) is 15.2 Å². The fraction of sp³-hybridized carbons (Fsp3) is 0.533. The summed E-state index contributed by atoms with van der Waals surface area (Å²) >= 11 is 0. The first-order chi connectivity index (χ1) is 10.8. The lowest BCUT2D eigenvalue weighted by Gasteiger charge is -2.27. The molecule has 1 fully saturated rings. The van der Waals surface area contributed by atoms with Crippen molar-refractivity contribution >= 4 is 15.9 Å². The Kier molecular flexibility index (Phi) is 5.61. The Bertz CT molecular complexity index is 667. The molecule has 7 nitrogen and oxygen atoms in total. The average molecular weight is 341 g/mol. The van der Waals surface area contributed by atoms with Crippen molar-refractivity contribution in [2.45, 2.75) is 37.6 Å². The highest BCUT2D eigenvalue weighted by atomic mass is 32.2. The van der Waals surface area contributed by atoms with E-state index < -0.39 is 10.0 Å². The van der Waals surface area contributed by atoms with Crippen LogP contribution in [0.15, 0.2) is 23.1 Å².